The van der Waals surface area contributed by atoms with Crippen molar-refractivity contribution in [1.29, 1.82) is 0 Å². The van der Waals surface area contributed by atoms with Gasteiger partial charge in [-0.25, -0.2) is 4.79 Å². The van der Waals surface area contributed by atoms with Crippen molar-refractivity contribution in [2.75, 3.05) is 20.8 Å². The molecule has 0 fully saturated rings. The van der Waals surface area contributed by atoms with Gasteiger partial charge in [-0.2, -0.15) is 0 Å². The van der Waals surface area contributed by atoms with Gasteiger partial charge in [-0.05, 0) is 37.8 Å². The normalized spacial score (nSPS) is 22.0. The second-order valence-electron chi connectivity index (χ2n) is 8.10. The van der Waals surface area contributed by atoms with Crippen LogP contribution in [-0.4, -0.2) is 48.6 Å². The molecule has 0 unspecified atom stereocenters. The number of methoxy groups -OCH3 is 2. The van der Waals surface area contributed by atoms with Crippen LogP contribution in [0.1, 0.15) is 38.7 Å². The Balaban J connectivity index is 2.32. The lowest BCUT2D eigenvalue weighted by molar-refractivity contribution is -0.386. The molecule has 11 heteroatoms. The highest BCUT2D eigenvalue weighted by atomic mass is 16.6. The molecule has 0 radical (unpaired) electrons. The van der Waals surface area contributed by atoms with Gasteiger partial charge in [0, 0.05) is 29.0 Å². The van der Waals surface area contributed by atoms with E-state index < -0.39 is 45.9 Å². The monoisotopic (exact) mass is 474 g/mol. The van der Waals surface area contributed by atoms with Gasteiger partial charge in [0.05, 0.1) is 31.3 Å². The molecule has 1 aliphatic heterocycles. The molecular formula is C23H26N2O9. The van der Waals surface area contributed by atoms with Crippen LogP contribution in [0.25, 0.3) is 0 Å². The summed E-state index contributed by atoms with van der Waals surface area (Å²) in [4.78, 5) is 49.9. The van der Waals surface area contributed by atoms with E-state index in [0.717, 1.165) is 6.07 Å². The summed E-state index contributed by atoms with van der Waals surface area (Å²) in [6.45, 7) is 5.06. The Kier molecular flexibility index (Phi) is 6.94. The number of carbonyl (C=O) groups excluding carboxylic acids is 3. The number of phenols is 1. The number of nitrogens with zero attached hydrogens (tertiary/aromatic N) is 1. The van der Waals surface area contributed by atoms with Gasteiger partial charge >= 0.3 is 17.6 Å². The molecule has 0 aromatic heterocycles. The first-order chi connectivity index (χ1) is 16.1. The maximum absolute atomic E-state index is 13.6. The van der Waals surface area contributed by atoms with E-state index in [4.69, 9.17) is 14.2 Å². The van der Waals surface area contributed by atoms with Crippen LogP contribution >= 0.6 is 0 Å². The first kappa shape index (κ1) is 24.7. The lowest BCUT2D eigenvalue weighted by Crippen LogP contribution is -2.43. The lowest BCUT2D eigenvalue weighted by Gasteiger charge is -2.38. The predicted octanol–water partition coefficient (Wildman–Crippen LogP) is 2.49. The minimum Gasteiger partial charge on any atom is -0.500 e. The number of hydrogen-bond donors (Lipinski definition) is 2. The van der Waals surface area contributed by atoms with Crippen molar-refractivity contribution in [3.8, 4) is 11.5 Å². The number of nitrogens with one attached hydrogen (secondary N) is 1. The minimum absolute atomic E-state index is 0.0586. The maximum atomic E-state index is 13.6. The molecule has 1 heterocycles. The van der Waals surface area contributed by atoms with Crippen LogP contribution in [0.15, 0.2) is 34.7 Å². The molecule has 182 valence electrons. The molecule has 0 saturated heterocycles. The third-order valence-corrected chi connectivity index (χ3v) is 6.07. The smallest absolute Gasteiger partial charge is 0.336 e. The number of dihydropyridines is 1. The number of allylic oxidation sites excluding steroid dienone is 3. The van der Waals surface area contributed by atoms with Gasteiger partial charge in [0.2, 0.25) is 5.75 Å². The summed E-state index contributed by atoms with van der Waals surface area (Å²) >= 11 is 0. The van der Waals surface area contributed by atoms with E-state index in [1.54, 1.807) is 20.8 Å². The molecule has 1 aliphatic carbocycles. The first-order valence-corrected chi connectivity index (χ1v) is 10.6. The second kappa shape index (κ2) is 9.54. The SMILES string of the molecule is CCOC(=O)C1=C(C)NC2=C(C(=O)[C@@H](C(=O)OC)[C@H](C)C2)[C@@H]1c1cc(OC)c(O)c([N+](=O)[O-])c1. The molecule has 0 saturated carbocycles. The molecule has 1 aromatic rings. The number of hydrogen-bond acceptors (Lipinski definition) is 10. The van der Waals surface area contributed by atoms with Crippen LogP contribution in [0.5, 0.6) is 11.5 Å². The van der Waals surface area contributed by atoms with Crippen LogP contribution in [0.2, 0.25) is 0 Å². The summed E-state index contributed by atoms with van der Waals surface area (Å²) < 4.78 is 15.2. The van der Waals surface area contributed by atoms with Gasteiger partial charge in [0.15, 0.2) is 11.5 Å². The Morgan fingerprint density at radius 2 is 1.97 bits per heavy atom. The van der Waals surface area contributed by atoms with Crippen LogP contribution in [0, 0.1) is 22.0 Å². The van der Waals surface area contributed by atoms with E-state index in [1.165, 1.54) is 20.3 Å². The number of phenolic OH excluding ortho intramolecular Hbond substituents is 1. The molecule has 3 rings (SSSR count). The van der Waals surface area contributed by atoms with Gasteiger partial charge in [-0.1, -0.05) is 6.92 Å². The summed E-state index contributed by atoms with van der Waals surface area (Å²) in [6, 6.07) is 2.41. The molecule has 34 heavy (non-hydrogen) atoms. The number of nitro groups is 1. The average molecular weight is 474 g/mol. The number of Topliss-reactive ketones (excluding diaryl/α,β-unsaturated/α-hetero) is 1. The van der Waals surface area contributed by atoms with Crippen LogP contribution in [0.3, 0.4) is 0 Å². The molecule has 0 spiro atoms. The Morgan fingerprint density at radius 3 is 2.53 bits per heavy atom. The first-order valence-electron chi connectivity index (χ1n) is 10.6. The average Bonchev–Trinajstić information content (AvgIpc) is 2.77. The number of carbonyl (C=O) groups is 3. The fourth-order valence-corrected chi connectivity index (χ4v) is 4.57. The fraction of sp³-hybridized carbons (Fsp3) is 0.435. The third kappa shape index (κ3) is 4.09. The molecule has 3 atom stereocenters. The number of nitro benzene ring substituents is 1. The highest BCUT2D eigenvalue weighted by molar-refractivity contribution is 6.12. The minimum atomic E-state index is -1.11. The third-order valence-electron chi connectivity index (χ3n) is 6.07. The Labute approximate surface area is 195 Å². The van der Waals surface area contributed by atoms with E-state index in [1.807, 2.05) is 0 Å². The number of ketones is 1. The lowest BCUT2D eigenvalue weighted by atomic mass is 9.69. The molecule has 0 amide bonds. The zero-order chi connectivity index (χ0) is 25.3. The van der Waals surface area contributed by atoms with Crippen molar-refractivity contribution in [2.24, 2.45) is 11.8 Å². The van der Waals surface area contributed by atoms with Gasteiger partial charge in [-0.3, -0.25) is 19.7 Å². The molecule has 1 aromatic carbocycles. The van der Waals surface area contributed by atoms with Gasteiger partial charge in [0.1, 0.15) is 5.92 Å². The second-order valence-corrected chi connectivity index (χ2v) is 8.10. The van der Waals surface area contributed by atoms with Crippen molar-refractivity contribution in [2.45, 2.75) is 33.1 Å². The van der Waals surface area contributed by atoms with E-state index in [9.17, 15) is 29.6 Å². The van der Waals surface area contributed by atoms with E-state index in [2.05, 4.69) is 5.32 Å². The highest BCUT2D eigenvalue weighted by Gasteiger charge is 2.47. The molecule has 0 bridgehead atoms. The van der Waals surface area contributed by atoms with Crippen molar-refractivity contribution < 1.29 is 38.6 Å². The van der Waals surface area contributed by atoms with Crippen molar-refractivity contribution in [3.63, 3.8) is 0 Å². The van der Waals surface area contributed by atoms with Crippen LogP contribution in [0.4, 0.5) is 5.69 Å². The molecule has 2 aliphatic rings. The fourth-order valence-electron chi connectivity index (χ4n) is 4.57. The number of ether oxygens (including phenoxy) is 3. The highest BCUT2D eigenvalue weighted by Crippen LogP contribution is 2.48. The Hall–Kier alpha value is -3.89. The number of rotatable bonds is 6. The summed E-state index contributed by atoms with van der Waals surface area (Å²) in [5.74, 6) is -5.46. The van der Waals surface area contributed by atoms with Crippen LogP contribution in [-0.2, 0) is 23.9 Å². The largest absolute Gasteiger partial charge is 0.500 e. The van der Waals surface area contributed by atoms with Gasteiger partial charge in [0.25, 0.3) is 0 Å². The maximum Gasteiger partial charge on any atom is 0.336 e. The number of esters is 2. The Morgan fingerprint density at radius 1 is 1.29 bits per heavy atom. The quantitative estimate of drug-likeness (QED) is 0.272. The van der Waals surface area contributed by atoms with Crippen LogP contribution < -0.4 is 10.1 Å². The summed E-state index contributed by atoms with van der Waals surface area (Å²) in [6.07, 6.45) is 0.308. The van der Waals surface area contributed by atoms with E-state index in [-0.39, 0.29) is 35.0 Å². The summed E-state index contributed by atoms with van der Waals surface area (Å²) in [5, 5.41) is 24.9. The topological polar surface area (TPSA) is 154 Å². The summed E-state index contributed by atoms with van der Waals surface area (Å²) in [7, 11) is 2.41. The number of aromatic hydroxyl groups is 1. The zero-order valence-corrected chi connectivity index (χ0v) is 19.5. The summed E-state index contributed by atoms with van der Waals surface area (Å²) in [5.41, 5.74) is 0.593. The Bertz CT molecular complexity index is 1140. The van der Waals surface area contributed by atoms with Crippen molar-refractivity contribution >= 4 is 23.4 Å². The van der Waals surface area contributed by atoms with Gasteiger partial charge in [-0.15, -0.1) is 0 Å². The standard InChI is InChI=1S/C23H26N2O9/c1-6-34-23(29)17-11(3)24-13-7-10(2)16(22(28)33-5)21(27)19(13)18(17)12-8-14(25(30)31)20(26)15(9-12)32-4/h8-10,16,18,24,26H,6-7H2,1-5H3/t10-,16+,18-/m1/s1. The number of benzene rings is 1. The van der Waals surface area contributed by atoms with Crippen molar-refractivity contribution in [3.05, 3.63) is 50.4 Å². The molecule has 11 nitrogen and oxygen atoms in total. The predicted molar refractivity (Wildman–Crippen MR) is 118 cm³/mol. The van der Waals surface area contributed by atoms with E-state index >= 15 is 0 Å². The zero-order valence-electron chi connectivity index (χ0n) is 19.5. The van der Waals surface area contributed by atoms with E-state index in [0.29, 0.717) is 17.8 Å². The molecular weight excluding hydrogens is 448 g/mol. The molecule has 2 N–H and O–H groups in total. The van der Waals surface area contributed by atoms with Crippen molar-refractivity contribution in [1.82, 2.24) is 5.32 Å². The van der Waals surface area contributed by atoms with Gasteiger partial charge < -0.3 is 24.6 Å².